The van der Waals surface area contributed by atoms with E-state index in [-0.39, 0.29) is 30.4 Å². The number of fused-ring (bicyclic) bond motifs is 1. The van der Waals surface area contributed by atoms with Gasteiger partial charge in [-0.15, -0.1) is 0 Å². The minimum atomic E-state index is -0.293. The van der Waals surface area contributed by atoms with Gasteiger partial charge in [0.15, 0.2) is 0 Å². The monoisotopic (exact) mass is 429 g/mol. The fourth-order valence-corrected chi connectivity index (χ4v) is 3.34. The van der Waals surface area contributed by atoms with E-state index in [2.05, 4.69) is 26.6 Å². The lowest BCUT2D eigenvalue weighted by molar-refractivity contribution is 0.0653. The van der Waals surface area contributed by atoms with E-state index in [1.165, 1.54) is 4.90 Å². The number of nitrogens with zero attached hydrogens (tertiary/aromatic N) is 1. The van der Waals surface area contributed by atoms with Crippen LogP contribution in [0.1, 0.15) is 45.7 Å². The van der Waals surface area contributed by atoms with Crippen LogP contribution in [-0.4, -0.2) is 35.8 Å². The molecule has 7 heteroatoms. The molecule has 2 aromatic carbocycles. The second-order valence-corrected chi connectivity index (χ2v) is 7.25. The Hall–Kier alpha value is -2.67. The van der Waals surface area contributed by atoms with Crippen LogP contribution in [0.25, 0.3) is 0 Å². The number of urea groups is 1. The van der Waals surface area contributed by atoms with Crippen LogP contribution >= 0.6 is 15.9 Å². The molecule has 27 heavy (non-hydrogen) atoms. The molecule has 0 saturated carbocycles. The van der Waals surface area contributed by atoms with E-state index in [9.17, 15) is 14.4 Å². The molecule has 0 bridgehead atoms. The topological polar surface area (TPSA) is 78.5 Å². The number of hydrogen-bond acceptors (Lipinski definition) is 3. The molecule has 0 spiro atoms. The predicted molar refractivity (Wildman–Crippen MR) is 106 cm³/mol. The third kappa shape index (κ3) is 4.36. The molecule has 140 valence electrons. The molecule has 1 aliphatic rings. The largest absolute Gasteiger partial charge is 0.338 e. The van der Waals surface area contributed by atoms with Crippen molar-refractivity contribution in [2.75, 3.05) is 13.1 Å². The van der Waals surface area contributed by atoms with Gasteiger partial charge >= 0.3 is 6.03 Å². The Balaban J connectivity index is 1.45. The predicted octanol–water partition coefficient (Wildman–Crippen LogP) is 3.50. The summed E-state index contributed by atoms with van der Waals surface area (Å²) >= 11 is 3.31. The summed E-state index contributed by atoms with van der Waals surface area (Å²) in [5, 5.41) is 5.62. The number of halogens is 1. The highest BCUT2D eigenvalue weighted by Crippen LogP contribution is 2.26. The van der Waals surface area contributed by atoms with Crippen LogP contribution in [0, 0.1) is 0 Å². The maximum absolute atomic E-state index is 12.4. The van der Waals surface area contributed by atoms with Gasteiger partial charge in [-0.3, -0.25) is 14.5 Å². The molecule has 0 fully saturated rings. The molecule has 6 nitrogen and oxygen atoms in total. The van der Waals surface area contributed by atoms with Crippen molar-refractivity contribution < 1.29 is 14.4 Å². The first-order chi connectivity index (χ1) is 13.0. The fourth-order valence-electron chi connectivity index (χ4n) is 2.98. The van der Waals surface area contributed by atoms with E-state index in [0.29, 0.717) is 24.1 Å². The van der Waals surface area contributed by atoms with E-state index in [0.717, 1.165) is 10.0 Å². The number of imide groups is 1. The number of rotatable bonds is 6. The van der Waals surface area contributed by atoms with Gasteiger partial charge in [0.1, 0.15) is 0 Å². The number of benzene rings is 2. The highest BCUT2D eigenvalue weighted by molar-refractivity contribution is 9.10. The Bertz CT molecular complexity index is 870. The van der Waals surface area contributed by atoms with Crippen LogP contribution in [0.2, 0.25) is 0 Å². The molecule has 2 aromatic rings. The second-order valence-electron chi connectivity index (χ2n) is 6.34. The molecule has 0 aliphatic carbocycles. The molecule has 0 saturated heterocycles. The highest BCUT2D eigenvalue weighted by atomic mass is 79.9. The van der Waals surface area contributed by atoms with Crippen molar-refractivity contribution in [1.82, 2.24) is 15.5 Å². The van der Waals surface area contributed by atoms with Crippen LogP contribution in [0.4, 0.5) is 4.79 Å². The van der Waals surface area contributed by atoms with Crippen molar-refractivity contribution in [3.05, 3.63) is 69.7 Å². The van der Waals surface area contributed by atoms with Crippen molar-refractivity contribution in [3.63, 3.8) is 0 Å². The first-order valence-electron chi connectivity index (χ1n) is 8.72. The van der Waals surface area contributed by atoms with E-state index in [4.69, 9.17) is 0 Å². The molecule has 3 rings (SSSR count). The summed E-state index contributed by atoms with van der Waals surface area (Å²) in [6, 6.07) is 14.3. The lowest BCUT2D eigenvalue weighted by atomic mass is 10.1. The van der Waals surface area contributed by atoms with Gasteiger partial charge in [-0.1, -0.05) is 46.3 Å². The maximum Gasteiger partial charge on any atom is 0.315 e. The average Bonchev–Trinajstić information content (AvgIpc) is 2.89. The lowest BCUT2D eigenvalue weighted by Crippen LogP contribution is -2.39. The minimum absolute atomic E-state index is 0.110. The lowest BCUT2D eigenvalue weighted by Gasteiger charge is -2.16. The highest BCUT2D eigenvalue weighted by Gasteiger charge is 2.34. The number of hydrogen-bond donors (Lipinski definition) is 2. The molecular formula is C20H20BrN3O3. The zero-order valence-corrected chi connectivity index (χ0v) is 16.5. The van der Waals surface area contributed by atoms with Gasteiger partial charge in [-0.2, -0.15) is 0 Å². The molecule has 0 aromatic heterocycles. The number of nitrogens with one attached hydrogen (secondary N) is 2. The smallest absolute Gasteiger partial charge is 0.315 e. The Kier molecular flexibility index (Phi) is 5.91. The minimum Gasteiger partial charge on any atom is -0.338 e. The molecule has 1 unspecified atom stereocenters. The van der Waals surface area contributed by atoms with Crippen molar-refractivity contribution in [2.45, 2.75) is 19.4 Å². The Morgan fingerprint density at radius 2 is 1.78 bits per heavy atom. The summed E-state index contributed by atoms with van der Waals surface area (Å²) in [5.41, 5.74) is 1.85. The molecule has 2 N–H and O–H groups in total. The Morgan fingerprint density at radius 3 is 2.52 bits per heavy atom. The average molecular weight is 430 g/mol. The van der Waals surface area contributed by atoms with Crippen LogP contribution in [-0.2, 0) is 0 Å². The standard InChI is InChI=1S/C20H20BrN3O3/c1-13(14-6-3-2-4-7-14)23-20(27)22-10-5-11-24-18(25)16-9-8-15(21)12-17(16)19(24)26/h2-4,6-9,12-13H,5,10-11H2,1H3,(H2,22,23,27). The maximum atomic E-state index is 12.4. The van der Waals surface area contributed by atoms with Crippen molar-refractivity contribution in [3.8, 4) is 0 Å². The van der Waals surface area contributed by atoms with Crippen LogP contribution in [0.15, 0.2) is 53.0 Å². The number of carbonyl (C=O) groups is 3. The Morgan fingerprint density at radius 1 is 1.07 bits per heavy atom. The molecule has 1 atom stereocenters. The molecule has 1 heterocycles. The van der Waals surface area contributed by atoms with E-state index in [1.807, 2.05) is 37.3 Å². The van der Waals surface area contributed by atoms with Gasteiger partial charge in [0.05, 0.1) is 17.2 Å². The number of amides is 4. The first kappa shape index (κ1) is 19.1. The third-order valence-electron chi connectivity index (χ3n) is 4.42. The van der Waals surface area contributed by atoms with Crippen molar-refractivity contribution in [1.29, 1.82) is 0 Å². The van der Waals surface area contributed by atoms with Crippen LogP contribution < -0.4 is 10.6 Å². The van der Waals surface area contributed by atoms with Gasteiger partial charge in [0, 0.05) is 17.6 Å². The zero-order valence-electron chi connectivity index (χ0n) is 14.9. The summed E-state index contributed by atoms with van der Waals surface area (Å²) in [6.07, 6.45) is 0.486. The van der Waals surface area contributed by atoms with E-state index < -0.39 is 0 Å². The molecule has 0 radical (unpaired) electrons. The summed E-state index contributed by atoms with van der Waals surface area (Å²) in [6.45, 7) is 2.54. The summed E-state index contributed by atoms with van der Waals surface area (Å²) in [7, 11) is 0. The quantitative estimate of drug-likeness (QED) is 0.544. The van der Waals surface area contributed by atoms with Crippen LogP contribution in [0.5, 0.6) is 0 Å². The zero-order chi connectivity index (χ0) is 19.4. The van der Waals surface area contributed by atoms with Gasteiger partial charge in [0.2, 0.25) is 0 Å². The van der Waals surface area contributed by atoms with Crippen molar-refractivity contribution >= 4 is 33.8 Å². The summed E-state index contributed by atoms with van der Waals surface area (Å²) in [5.74, 6) is -0.580. The van der Waals surface area contributed by atoms with E-state index >= 15 is 0 Å². The van der Waals surface area contributed by atoms with Gasteiger partial charge in [-0.25, -0.2) is 4.79 Å². The van der Waals surface area contributed by atoms with Crippen molar-refractivity contribution in [2.24, 2.45) is 0 Å². The first-order valence-corrected chi connectivity index (χ1v) is 9.51. The van der Waals surface area contributed by atoms with E-state index in [1.54, 1.807) is 18.2 Å². The number of carbonyl (C=O) groups excluding carboxylic acids is 3. The molecule has 1 aliphatic heterocycles. The van der Waals surface area contributed by atoms with Gasteiger partial charge in [-0.05, 0) is 37.1 Å². The molecular weight excluding hydrogens is 410 g/mol. The normalized spacial score (nSPS) is 14.1. The SMILES string of the molecule is CC(NC(=O)NCCCN1C(=O)c2ccc(Br)cc2C1=O)c1ccccc1. The van der Waals surface area contributed by atoms with Gasteiger partial charge in [0.25, 0.3) is 11.8 Å². The van der Waals surface area contributed by atoms with Crippen LogP contribution in [0.3, 0.4) is 0 Å². The van der Waals surface area contributed by atoms with Gasteiger partial charge < -0.3 is 10.6 Å². The fraction of sp³-hybridized carbons (Fsp3) is 0.250. The molecule has 4 amide bonds. The summed E-state index contributed by atoms with van der Waals surface area (Å²) < 4.78 is 0.759. The third-order valence-corrected chi connectivity index (χ3v) is 4.92. The second kappa shape index (κ2) is 8.35. The Labute approximate surface area is 166 Å². The summed E-state index contributed by atoms with van der Waals surface area (Å²) in [4.78, 5) is 37.9.